The van der Waals surface area contributed by atoms with E-state index in [1.165, 1.54) is 12.3 Å². The van der Waals surface area contributed by atoms with Gasteiger partial charge in [-0.1, -0.05) is 18.9 Å². The lowest BCUT2D eigenvalue weighted by molar-refractivity contribution is -0.153. The minimum absolute atomic E-state index is 0.133. The van der Waals surface area contributed by atoms with E-state index >= 15 is 0 Å². The summed E-state index contributed by atoms with van der Waals surface area (Å²) in [6.45, 7) is -0.811. The highest BCUT2D eigenvalue weighted by atomic mass is 32.2. The predicted octanol–water partition coefficient (Wildman–Crippen LogP) is 3.07. The third kappa shape index (κ3) is 5.14. The first-order valence-corrected chi connectivity index (χ1v) is 13.6. The quantitative estimate of drug-likeness (QED) is 0.553. The molecule has 0 radical (unpaired) electrons. The molecule has 2 atom stereocenters. The zero-order valence-electron chi connectivity index (χ0n) is 19.7. The number of fused-ring (bicyclic) bond motifs is 3. The lowest BCUT2D eigenvalue weighted by Crippen LogP contribution is -2.49. The Morgan fingerprint density at radius 2 is 2.14 bits per heavy atom. The number of carbonyl (C=O) groups is 2. The Morgan fingerprint density at radius 1 is 1.36 bits per heavy atom. The molecular formula is C24H27F3N4O4S. The van der Waals surface area contributed by atoms with E-state index in [1.807, 2.05) is 0 Å². The lowest BCUT2D eigenvalue weighted by Gasteiger charge is -2.35. The Labute approximate surface area is 208 Å². The van der Waals surface area contributed by atoms with E-state index in [1.54, 1.807) is 16.8 Å². The summed E-state index contributed by atoms with van der Waals surface area (Å²) in [6, 6.07) is 4.80. The summed E-state index contributed by atoms with van der Waals surface area (Å²) >= 11 is 0. The van der Waals surface area contributed by atoms with Gasteiger partial charge in [0.25, 0.3) is 5.91 Å². The molecule has 0 saturated heterocycles. The minimum atomic E-state index is -4.42. The van der Waals surface area contributed by atoms with Gasteiger partial charge in [-0.05, 0) is 48.4 Å². The van der Waals surface area contributed by atoms with Crippen molar-refractivity contribution in [2.75, 3.05) is 23.9 Å². The Morgan fingerprint density at radius 3 is 2.83 bits per heavy atom. The number of carbonyl (C=O) groups excluding carboxylic acids is 2. The van der Waals surface area contributed by atoms with Crippen molar-refractivity contribution >= 4 is 28.4 Å². The molecule has 1 fully saturated rings. The molecule has 1 saturated carbocycles. The summed E-state index contributed by atoms with van der Waals surface area (Å²) in [7, 11) is -1.33. The zero-order chi connectivity index (χ0) is 25.7. The zero-order valence-corrected chi connectivity index (χ0v) is 20.6. The number of benzene rings is 1. The van der Waals surface area contributed by atoms with Crippen molar-refractivity contribution in [1.29, 1.82) is 0 Å². The maximum atomic E-state index is 13.4. The summed E-state index contributed by atoms with van der Waals surface area (Å²) in [6.07, 6.45) is 1.75. The first kappa shape index (κ1) is 24.8. The van der Waals surface area contributed by atoms with Gasteiger partial charge in [0.1, 0.15) is 22.9 Å². The Balaban J connectivity index is 1.43. The maximum absolute atomic E-state index is 13.4. The molecule has 1 aromatic heterocycles. The highest BCUT2D eigenvalue weighted by molar-refractivity contribution is 7.85. The first-order valence-electron chi connectivity index (χ1n) is 11.9. The number of ether oxygens (including phenoxy) is 1. The number of rotatable bonds is 8. The second kappa shape index (κ2) is 9.20. The van der Waals surface area contributed by atoms with Gasteiger partial charge in [0, 0.05) is 30.0 Å². The first-order chi connectivity index (χ1) is 17.0. The Hall–Kier alpha value is -2.89. The van der Waals surface area contributed by atoms with Gasteiger partial charge in [0.05, 0.1) is 11.2 Å². The fraction of sp³-hybridized carbons (Fsp3) is 0.542. The molecule has 1 unspecified atom stereocenters. The number of aromatic nitrogens is 2. The molecule has 1 spiro atoms. The number of nitrogens with one attached hydrogen (secondary N) is 2. The number of amides is 2. The Bertz CT molecular complexity index is 1240. The summed E-state index contributed by atoms with van der Waals surface area (Å²) in [5, 5.41) is 10.6. The molecule has 194 valence electrons. The molecule has 2 N–H and O–H groups in total. The molecule has 3 aliphatic rings. The molecule has 0 bridgehead atoms. The topological polar surface area (TPSA) is 102 Å². The number of nitrogens with zero attached hydrogens (tertiary/aromatic N) is 2. The van der Waals surface area contributed by atoms with Crippen LogP contribution in [0.5, 0.6) is 5.75 Å². The van der Waals surface area contributed by atoms with Crippen molar-refractivity contribution in [3.63, 3.8) is 0 Å². The largest absolute Gasteiger partial charge is 0.484 e. The van der Waals surface area contributed by atoms with Crippen LogP contribution in [0, 0.1) is 5.92 Å². The van der Waals surface area contributed by atoms with Crippen LogP contribution in [0.3, 0.4) is 0 Å². The fourth-order valence-corrected chi connectivity index (χ4v) is 5.57. The van der Waals surface area contributed by atoms with Crippen molar-refractivity contribution in [3.8, 4) is 5.75 Å². The van der Waals surface area contributed by atoms with E-state index in [-0.39, 0.29) is 17.4 Å². The average molecular weight is 525 g/mol. The molecule has 2 amide bonds. The van der Waals surface area contributed by atoms with Crippen molar-refractivity contribution in [2.45, 2.75) is 56.8 Å². The predicted molar refractivity (Wildman–Crippen MR) is 126 cm³/mol. The number of hydrogen-bond acceptors (Lipinski definition) is 5. The Kier molecular flexibility index (Phi) is 6.34. The van der Waals surface area contributed by atoms with Gasteiger partial charge in [-0.15, -0.1) is 0 Å². The van der Waals surface area contributed by atoms with Crippen LogP contribution in [0.25, 0.3) is 0 Å². The summed E-state index contributed by atoms with van der Waals surface area (Å²) < 4.78 is 55.7. The van der Waals surface area contributed by atoms with Crippen LogP contribution in [0.15, 0.2) is 18.2 Å². The van der Waals surface area contributed by atoms with Crippen LogP contribution < -0.4 is 15.4 Å². The van der Waals surface area contributed by atoms with E-state index < -0.39 is 35.0 Å². The maximum Gasteiger partial charge on any atom is 0.422 e. The minimum Gasteiger partial charge on any atom is -0.484 e. The van der Waals surface area contributed by atoms with Crippen molar-refractivity contribution in [3.05, 3.63) is 40.6 Å². The van der Waals surface area contributed by atoms with Crippen molar-refractivity contribution < 1.29 is 31.7 Å². The molecule has 5 rings (SSSR count). The van der Waals surface area contributed by atoms with Gasteiger partial charge in [0.15, 0.2) is 6.61 Å². The van der Waals surface area contributed by atoms with Crippen molar-refractivity contribution in [1.82, 2.24) is 15.1 Å². The number of halogens is 3. The molecular weight excluding hydrogens is 497 g/mol. The summed E-state index contributed by atoms with van der Waals surface area (Å²) in [5.41, 5.74) is 1.80. The number of hydrogen-bond donors (Lipinski definition) is 2. The SMILES string of the molecule is CS(=O)CC(=O)Nc1c2c(nn1CCC1CC1)C[C@]1(CCc3cc(OCC(F)(F)F)ccc31)NC2=O. The number of aryl methyl sites for hydroxylation is 2. The van der Waals surface area contributed by atoms with Crippen LogP contribution in [-0.2, 0) is 40.5 Å². The van der Waals surface area contributed by atoms with Gasteiger partial charge in [-0.3, -0.25) is 13.8 Å². The number of alkyl halides is 3. The second-order valence-electron chi connectivity index (χ2n) is 9.83. The molecule has 8 nitrogen and oxygen atoms in total. The van der Waals surface area contributed by atoms with E-state index in [9.17, 15) is 27.0 Å². The highest BCUT2D eigenvalue weighted by Crippen LogP contribution is 2.44. The fourth-order valence-electron chi connectivity index (χ4n) is 5.13. The van der Waals surface area contributed by atoms with E-state index in [0.717, 1.165) is 30.4 Å². The molecule has 36 heavy (non-hydrogen) atoms. The molecule has 12 heteroatoms. The van der Waals surface area contributed by atoms with Crippen molar-refractivity contribution in [2.24, 2.45) is 5.92 Å². The third-order valence-corrected chi connectivity index (χ3v) is 7.60. The molecule has 2 aliphatic carbocycles. The smallest absolute Gasteiger partial charge is 0.422 e. The molecule has 2 heterocycles. The molecule has 2 aromatic rings. The van der Waals surface area contributed by atoms with Gasteiger partial charge < -0.3 is 15.4 Å². The third-order valence-electron chi connectivity index (χ3n) is 6.93. The van der Waals surface area contributed by atoms with Gasteiger partial charge in [0.2, 0.25) is 5.91 Å². The normalized spacial score (nSPS) is 21.6. The van der Waals surface area contributed by atoms with Crippen LogP contribution in [-0.4, -0.2) is 50.6 Å². The standard InChI is InChI=1S/C24H27F3N4O4S/c1-36(34)12-19(32)28-21-20-18(30-31(21)9-7-14-2-3-14)11-23(29-22(20)33)8-6-15-10-16(4-5-17(15)23)35-13-24(25,26)27/h4-5,10,14H,2-3,6-9,11-13H2,1H3,(H,28,32)(H,29,33)/t23-,36?/m0/s1. The van der Waals surface area contributed by atoms with Crippen LogP contribution in [0.2, 0.25) is 0 Å². The number of anilines is 1. The van der Waals surface area contributed by atoms with Gasteiger partial charge in [-0.25, -0.2) is 4.68 Å². The summed E-state index contributed by atoms with van der Waals surface area (Å²) in [4.78, 5) is 25.8. The van der Waals surface area contributed by atoms with Crippen LogP contribution in [0.1, 0.15) is 52.9 Å². The van der Waals surface area contributed by atoms with Gasteiger partial charge >= 0.3 is 6.18 Å². The van der Waals surface area contributed by atoms with Crippen LogP contribution >= 0.6 is 0 Å². The monoisotopic (exact) mass is 524 g/mol. The van der Waals surface area contributed by atoms with Gasteiger partial charge in [-0.2, -0.15) is 18.3 Å². The van der Waals surface area contributed by atoms with E-state index in [0.29, 0.717) is 48.8 Å². The summed E-state index contributed by atoms with van der Waals surface area (Å²) in [5.74, 6) is 0.0778. The van der Waals surface area contributed by atoms with E-state index in [4.69, 9.17) is 9.84 Å². The van der Waals surface area contributed by atoms with E-state index in [2.05, 4.69) is 10.6 Å². The molecule has 1 aromatic carbocycles. The molecule has 1 aliphatic heterocycles. The van der Waals surface area contributed by atoms with Crippen LogP contribution in [0.4, 0.5) is 19.0 Å². The lowest BCUT2D eigenvalue weighted by atomic mass is 9.82. The second-order valence-corrected chi connectivity index (χ2v) is 11.3. The average Bonchev–Trinajstić information content (AvgIpc) is 3.47. The highest BCUT2D eigenvalue weighted by Gasteiger charge is 2.46.